The topological polar surface area (TPSA) is 44.9 Å². The molecular formula is C15H12N2OS3. The van der Waals surface area contributed by atoms with Gasteiger partial charge in [0, 0.05) is 18.1 Å². The fourth-order valence-corrected chi connectivity index (χ4v) is 3.79. The van der Waals surface area contributed by atoms with Crippen molar-refractivity contribution in [3.63, 3.8) is 0 Å². The van der Waals surface area contributed by atoms with E-state index in [-0.39, 0.29) is 5.12 Å². The maximum Gasteiger partial charge on any atom is 0.237 e. The first kappa shape index (κ1) is 14.5. The van der Waals surface area contributed by atoms with Crippen LogP contribution in [0.2, 0.25) is 0 Å². The third-order valence-electron chi connectivity index (χ3n) is 3.01. The largest absolute Gasteiger partial charge is 0.352 e. The molecule has 0 atom stereocenters. The third-order valence-corrected chi connectivity index (χ3v) is 4.99. The summed E-state index contributed by atoms with van der Waals surface area (Å²) in [4.78, 5) is 16.4. The van der Waals surface area contributed by atoms with Gasteiger partial charge in [-0.3, -0.25) is 9.52 Å². The van der Waals surface area contributed by atoms with Crippen molar-refractivity contribution in [1.29, 1.82) is 0 Å². The van der Waals surface area contributed by atoms with Crippen molar-refractivity contribution in [1.82, 2.24) is 9.71 Å². The van der Waals surface area contributed by atoms with E-state index in [4.69, 9.17) is 12.2 Å². The Labute approximate surface area is 135 Å². The number of rotatable bonds is 4. The van der Waals surface area contributed by atoms with Crippen molar-refractivity contribution >= 4 is 50.8 Å². The first-order valence-corrected chi connectivity index (χ1v) is 8.43. The van der Waals surface area contributed by atoms with Crippen LogP contribution in [0.15, 0.2) is 48.0 Å². The van der Waals surface area contributed by atoms with E-state index in [2.05, 4.69) is 9.71 Å². The van der Waals surface area contributed by atoms with Gasteiger partial charge < -0.3 is 4.98 Å². The standard InChI is InChI=1S/C15H12N2OS3/c18-15(21-17-8-10-4-2-1-3-5-10)12-9-16-14-11(13(12)19)6-7-20-14/h1-7,9,17H,8H2,(H,16,19). The molecule has 0 spiro atoms. The van der Waals surface area contributed by atoms with Crippen LogP contribution in [0.4, 0.5) is 0 Å². The molecule has 6 heteroatoms. The molecule has 0 aliphatic carbocycles. The lowest BCUT2D eigenvalue weighted by Gasteiger charge is -2.04. The van der Waals surface area contributed by atoms with Gasteiger partial charge in [-0.15, -0.1) is 11.3 Å². The van der Waals surface area contributed by atoms with Gasteiger partial charge in [-0.1, -0.05) is 42.5 Å². The number of aromatic amines is 1. The Kier molecular flexibility index (Phi) is 4.50. The predicted molar refractivity (Wildman–Crippen MR) is 92.2 cm³/mol. The number of thiophene rings is 1. The van der Waals surface area contributed by atoms with E-state index < -0.39 is 0 Å². The molecule has 0 aliphatic heterocycles. The molecular weight excluding hydrogens is 320 g/mol. The summed E-state index contributed by atoms with van der Waals surface area (Å²) in [6.45, 7) is 0.633. The number of pyridine rings is 1. The maximum atomic E-state index is 12.2. The summed E-state index contributed by atoms with van der Waals surface area (Å²) in [5, 5.41) is 2.83. The number of carbonyl (C=O) groups excluding carboxylic acids is 1. The van der Waals surface area contributed by atoms with Crippen LogP contribution in [0, 0.1) is 4.51 Å². The highest BCUT2D eigenvalue weighted by atomic mass is 32.2. The van der Waals surface area contributed by atoms with Gasteiger partial charge in [0.2, 0.25) is 5.12 Å². The second kappa shape index (κ2) is 6.53. The molecule has 3 nitrogen and oxygen atoms in total. The van der Waals surface area contributed by atoms with Crippen molar-refractivity contribution < 1.29 is 4.79 Å². The summed E-state index contributed by atoms with van der Waals surface area (Å²) in [7, 11) is 0. The average Bonchev–Trinajstić information content (AvgIpc) is 2.98. The fourth-order valence-electron chi connectivity index (χ4n) is 1.94. The minimum absolute atomic E-state index is 0.0692. The van der Waals surface area contributed by atoms with Crippen molar-refractivity contribution in [2.45, 2.75) is 6.54 Å². The molecule has 1 aromatic carbocycles. The Balaban J connectivity index is 1.69. The number of benzene rings is 1. The van der Waals surface area contributed by atoms with E-state index in [0.717, 1.165) is 27.7 Å². The van der Waals surface area contributed by atoms with E-state index in [1.54, 1.807) is 17.5 Å². The molecule has 0 amide bonds. The molecule has 0 unspecified atom stereocenters. The van der Waals surface area contributed by atoms with E-state index in [0.29, 0.717) is 16.6 Å². The molecule has 2 N–H and O–H groups in total. The summed E-state index contributed by atoms with van der Waals surface area (Å²) in [6.07, 6.45) is 1.70. The molecule has 0 radical (unpaired) electrons. The summed E-state index contributed by atoms with van der Waals surface area (Å²) in [5.41, 5.74) is 1.68. The second-order valence-electron chi connectivity index (χ2n) is 4.39. The number of H-pyrrole nitrogens is 1. The van der Waals surface area contributed by atoms with Gasteiger partial charge in [-0.25, -0.2) is 0 Å². The highest BCUT2D eigenvalue weighted by molar-refractivity contribution is 8.12. The summed E-state index contributed by atoms with van der Waals surface area (Å²) >= 11 is 8.05. The van der Waals surface area contributed by atoms with E-state index in [1.165, 1.54) is 0 Å². The monoisotopic (exact) mass is 332 g/mol. The second-order valence-corrected chi connectivity index (χ2v) is 6.58. The fraction of sp³-hybridized carbons (Fsp3) is 0.0667. The van der Waals surface area contributed by atoms with E-state index in [9.17, 15) is 4.79 Å². The zero-order chi connectivity index (χ0) is 14.7. The smallest absolute Gasteiger partial charge is 0.237 e. The molecule has 2 aromatic heterocycles. The Morgan fingerprint density at radius 2 is 2.10 bits per heavy atom. The molecule has 0 bridgehead atoms. The quantitative estimate of drug-likeness (QED) is 0.544. The van der Waals surface area contributed by atoms with Gasteiger partial charge in [0.1, 0.15) is 4.83 Å². The number of carbonyl (C=O) groups is 1. The number of fused-ring (bicyclic) bond motifs is 1. The molecule has 3 rings (SSSR count). The van der Waals surface area contributed by atoms with Crippen molar-refractivity contribution in [2.24, 2.45) is 0 Å². The lowest BCUT2D eigenvalue weighted by atomic mass is 10.2. The first-order valence-electron chi connectivity index (χ1n) is 6.32. The minimum atomic E-state index is -0.0692. The van der Waals surface area contributed by atoms with Crippen LogP contribution >= 0.6 is 35.5 Å². The van der Waals surface area contributed by atoms with Crippen molar-refractivity contribution in [3.8, 4) is 0 Å². The van der Waals surface area contributed by atoms with Crippen LogP contribution in [0.1, 0.15) is 15.9 Å². The highest BCUT2D eigenvalue weighted by Gasteiger charge is 2.11. The van der Waals surface area contributed by atoms with Crippen LogP contribution in [0.5, 0.6) is 0 Å². The van der Waals surface area contributed by atoms with Gasteiger partial charge in [-0.2, -0.15) is 0 Å². The number of nitrogens with one attached hydrogen (secondary N) is 2. The van der Waals surface area contributed by atoms with Gasteiger partial charge in [-0.05, 0) is 29.0 Å². The molecule has 21 heavy (non-hydrogen) atoms. The molecule has 0 saturated carbocycles. The van der Waals surface area contributed by atoms with Crippen LogP contribution in [-0.4, -0.2) is 10.1 Å². The Morgan fingerprint density at radius 1 is 1.29 bits per heavy atom. The normalized spacial score (nSPS) is 10.9. The minimum Gasteiger partial charge on any atom is -0.352 e. The third kappa shape index (κ3) is 3.24. The summed E-state index contributed by atoms with van der Waals surface area (Å²) in [6, 6.07) is 11.9. The number of aromatic nitrogens is 1. The molecule has 2 heterocycles. The van der Waals surface area contributed by atoms with Gasteiger partial charge in [0.05, 0.1) is 10.1 Å². The summed E-state index contributed by atoms with van der Waals surface area (Å²) in [5.74, 6) is 0. The predicted octanol–water partition coefficient (Wildman–Crippen LogP) is 4.54. The van der Waals surface area contributed by atoms with Crippen LogP contribution < -0.4 is 4.72 Å². The van der Waals surface area contributed by atoms with E-state index in [1.807, 2.05) is 41.8 Å². The molecule has 106 valence electrons. The number of hydrogen-bond acceptors (Lipinski definition) is 5. The lowest BCUT2D eigenvalue weighted by molar-refractivity contribution is 0.108. The highest BCUT2D eigenvalue weighted by Crippen LogP contribution is 2.23. The summed E-state index contributed by atoms with van der Waals surface area (Å²) < 4.78 is 3.69. The first-order chi connectivity index (χ1) is 10.3. The van der Waals surface area contributed by atoms with Crippen molar-refractivity contribution in [2.75, 3.05) is 0 Å². The Morgan fingerprint density at radius 3 is 2.90 bits per heavy atom. The SMILES string of the molecule is O=C(SNCc1ccccc1)c1c[nH]c2sccc2c1=S. The van der Waals surface area contributed by atoms with Crippen LogP contribution in [-0.2, 0) is 6.54 Å². The van der Waals surface area contributed by atoms with E-state index >= 15 is 0 Å². The van der Waals surface area contributed by atoms with Gasteiger partial charge in [0.25, 0.3) is 0 Å². The van der Waals surface area contributed by atoms with Crippen molar-refractivity contribution in [3.05, 3.63) is 63.6 Å². The average molecular weight is 332 g/mol. The lowest BCUT2D eigenvalue weighted by Crippen LogP contribution is -2.08. The van der Waals surface area contributed by atoms with Gasteiger partial charge >= 0.3 is 0 Å². The van der Waals surface area contributed by atoms with Crippen LogP contribution in [0.25, 0.3) is 10.2 Å². The zero-order valence-corrected chi connectivity index (χ0v) is 13.4. The molecule has 0 saturated heterocycles. The Bertz CT molecular complexity index is 824. The molecule has 0 fully saturated rings. The molecule has 0 aliphatic rings. The Hall–Kier alpha value is -1.47. The zero-order valence-electron chi connectivity index (χ0n) is 11.0. The van der Waals surface area contributed by atoms with Crippen LogP contribution in [0.3, 0.4) is 0 Å². The molecule has 3 aromatic rings. The number of hydrogen-bond donors (Lipinski definition) is 2. The van der Waals surface area contributed by atoms with Gasteiger partial charge in [0.15, 0.2) is 0 Å². The maximum absolute atomic E-state index is 12.2.